The number of nitrogens with one attached hydrogen (secondary N) is 1. The van der Waals surface area contributed by atoms with Crippen molar-refractivity contribution in [1.29, 1.82) is 0 Å². The third kappa shape index (κ3) is 5.14. The van der Waals surface area contributed by atoms with E-state index < -0.39 is 6.10 Å². The number of methoxy groups -OCH3 is 2. The molecule has 0 aliphatic heterocycles. The molecule has 0 aliphatic carbocycles. The van der Waals surface area contributed by atoms with Crippen LogP contribution in [0, 0.1) is 0 Å². The highest BCUT2D eigenvalue weighted by atomic mass is 16.5. The summed E-state index contributed by atoms with van der Waals surface area (Å²) in [4.78, 5) is 12.4. The van der Waals surface area contributed by atoms with E-state index in [0.29, 0.717) is 28.9 Å². The molecule has 0 bridgehead atoms. The molecule has 134 valence electrons. The van der Waals surface area contributed by atoms with E-state index in [2.05, 4.69) is 19.2 Å². The van der Waals surface area contributed by atoms with Gasteiger partial charge in [0.15, 0.2) is 6.10 Å². The number of hydrogen-bond donors (Lipinski definition) is 1. The van der Waals surface area contributed by atoms with Gasteiger partial charge in [0.25, 0.3) is 5.91 Å². The Balaban J connectivity index is 2.06. The van der Waals surface area contributed by atoms with E-state index in [9.17, 15) is 4.79 Å². The van der Waals surface area contributed by atoms with Gasteiger partial charge in [-0.25, -0.2) is 0 Å². The summed E-state index contributed by atoms with van der Waals surface area (Å²) >= 11 is 0. The molecule has 0 spiro atoms. The molecule has 0 saturated heterocycles. The van der Waals surface area contributed by atoms with E-state index in [1.807, 2.05) is 24.3 Å². The van der Waals surface area contributed by atoms with Gasteiger partial charge in [-0.05, 0) is 30.5 Å². The molecule has 0 aliphatic rings. The molecule has 1 atom stereocenters. The van der Waals surface area contributed by atoms with Gasteiger partial charge in [-0.2, -0.15) is 0 Å². The Morgan fingerprint density at radius 1 is 0.920 bits per heavy atom. The normalized spacial score (nSPS) is 11.8. The zero-order valence-electron chi connectivity index (χ0n) is 15.3. The smallest absolute Gasteiger partial charge is 0.265 e. The molecular formula is C20H25NO4. The molecule has 25 heavy (non-hydrogen) atoms. The van der Waals surface area contributed by atoms with Gasteiger partial charge in [-0.1, -0.05) is 26.0 Å². The van der Waals surface area contributed by atoms with E-state index >= 15 is 0 Å². The van der Waals surface area contributed by atoms with Gasteiger partial charge in [0, 0.05) is 23.9 Å². The van der Waals surface area contributed by atoms with Crippen molar-refractivity contribution in [2.75, 3.05) is 19.5 Å². The van der Waals surface area contributed by atoms with Crippen LogP contribution in [0.5, 0.6) is 17.2 Å². The molecule has 0 heterocycles. The summed E-state index contributed by atoms with van der Waals surface area (Å²) < 4.78 is 16.2. The molecule has 5 nitrogen and oxygen atoms in total. The standard InChI is InChI=1S/C20H25NO4/c1-13(2)15-7-6-8-17(9-15)25-14(3)20(22)21-16-10-18(23-4)12-19(11-16)24-5/h6-14H,1-5H3,(H,21,22). The highest BCUT2D eigenvalue weighted by Crippen LogP contribution is 2.26. The maximum atomic E-state index is 12.4. The lowest BCUT2D eigenvalue weighted by molar-refractivity contribution is -0.122. The summed E-state index contributed by atoms with van der Waals surface area (Å²) in [7, 11) is 3.13. The van der Waals surface area contributed by atoms with Gasteiger partial charge in [0.2, 0.25) is 0 Å². The minimum absolute atomic E-state index is 0.245. The largest absolute Gasteiger partial charge is 0.497 e. The Morgan fingerprint density at radius 3 is 2.12 bits per heavy atom. The fraction of sp³-hybridized carbons (Fsp3) is 0.350. The first-order valence-electron chi connectivity index (χ1n) is 8.23. The molecule has 0 fully saturated rings. The van der Waals surface area contributed by atoms with Crippen LogP contribution in [0.3, 0.4) is 0 Å². The van der Waals surface area contributed by atoms with Crippen molar-refractivity contribution in [3.05, 3.63) is 48.0 Å². The van der Waals surface area contributed by atoms with Crippen molar-refractivity contribution in [1.82, 2.24) is 0 Å². The summed E-state index contributed by atoms with van der Waals surface area (Å²) in [6.45, 7) is 5.95. The minimum Gasteiger partial charge on any atom is -0.497 e. The zero-order chi connectivity index (χ0) is 18.4. The average Bonchev–Trinajstić information content (AvgIpc) is 2.61. The number of ether oxygens (including phenoxy) is 3. The first kappa shape index (κ1) is 18.6. The van der Waals surface area contributed by atoms with Gasteiger partial charge in [0.1, 0.15) is 17.2 Å². The Morgan fingerprint density at radius 2 is 1.56 bits per heavy atom. The van der Waals surface area contributed by atoms with E-state index in [1.165, 1.54) is 5.56 Å². The van der Waals surface area contributed by atoms with Crippen LogP contribution >= 0.6 is 0 Å². The molecule has 2 aromatic carbocycles. The van der Waals surface area contributed by atoms with E-state index in [1.54, 1.807) is 39.3 Å². The molecule has 0 radical (unpaired) electrons. The van der Waals surface area contributed by atoms with Crippen molar-refractivity contribution in [3.8, 4) is 17.2 Å². The molecular weight excluding hydrogens is 318 g/mol. The average molecular weight is 343 g/mol. The summed E-state index contributed by atoms with van der Waals surface area (Å²) in [6, 6.07) is 13.0. The number of carbonyl (C=O) groups is 1. The maximum Gasteiger partial charge on any atom is 0.265 e. The molecule has 1 amide bonds. The van der Waals surface area contributed by atoms with Crippen molar-refractivity contribution >= 4 is 11.6 Å². The minimum atomic E-state index is -0.639. The van der Waals surface area contributed by atoms with Crippen molar-refractivity contribution in [2.45, 2.75) is 32.8 Å². The van der Waals surface area contributed by atoms with Crippen molar-refractivity contribution in [3.63, 3.8) is 0 Å². The summed E-state index contributed by atoms with van der Waals surface area (Å²) in [5, 5.41) is 2.82. The number of amides is 1. The Bertz CT molecular complexity index is 705. The molecule has 5 heteroatoms. The predicted octanol–water partition coefficient (Wildman–Crippen LogP) is 4.23. The SMILES string of the molecule is COc1cc(NC(=O)C(C)Oc2cccc(C(C)C)c2)cc(OC)c1. The lowest BCUT2D eigenvalue weighted by atomic mass is 10.0. The molecule has 2 aromatic rings. The lowest BCUT2D eigenvalue weighted by Gasteiger charge is -2.16. The lowest BCUT2D eigenvalue weighted by Crippen LogP contribution is -2.30. The molecule has 0 saturated carbocycles. The van der Waals surface area contributed by atoms with E-state index in [4.69, 9.17) is 14.2 Å². The first-order valence-corrected chi connectivity index (χ1v) is 8.23. The zero-order valence-corrected chi connectivity index (χ0v) is 15.3. The maximum absolute atomic E-state index is 12.4. The second kappa shape index (κ2) is 8.42. The highest BCUT2D eigenvalue weighted by Gasteiger charge is 2.16. The quantitative estimate of drug-likeness (QED) is 0.817. The van der Waals surface area contributed by atoms with Gasteiger partial charge in [-0.3, -0.25) is 4.79 Å². The van der Waals surface area contributed by atoms with Gasteiger partial charge >= 0.3 is 0 Å². The van der Waals surface area contributed by atoms with Crippen molar-refractivity contribution in [2.24, 2.45) is 0 Å². The number of carbonyl (C=O) groups excluding carboxylic acids is 1. The third-order valence-electron chi connectivity index (χ3n) is 3.83. The number of benzene rings is 2. The monoisotopic (exact) mass is 343 g/mol. The first-order chi connectivity index (χ1) is 11.9. The summed E-state index contributed by atoms with van der Waals surface area (Å²) in [5.74, 6) is 2.04. The van der Waals surface area contributed by atoms with Crippen LogP contribution in [0.4, 0.5) is 5.69 Å². The van der Waals surface area contributed by atoms with Crippen molar-refractivity contribution < 1.29 is 19.0 Å². The molecule has 0 aromatic heterocycles. The predicted molar refractivity (Wildman–Crippen MR) is 98.8 cm³/mol. The van der Waals surface area contributed by atoms with Gasteiger partial charge in [-0.15, -0.1) is 0 Å². The van der Waals surface area contributed by atoms with Crippen LogP contribution in [0.1, 0.15) is 32.3 Å². The summed E-state index contributed by atoms with van der Waals surface area (Å²) in [5.41, 5.74) is 1.76. The van der Waals surface area contributed by atoms with Crippen LogP contribution in [0.15, 0.2) is 42.5 Å². The Kier molecular flexibility index (Phi) is 6.28. The van der Waals surface area contributed by atoms with E-state index in [0.717, 1.165) is 0 Å². The summed E-state index contributed by atoms with van der Waals surface area (Å²) in [6.07, 6.45) is -0.639. The number of rotatable bonds is 7. The topological polar surface area (TPSA) is 56.8 Å². The third-order valence-corrected chi connectivity index (χ3v) is 3.83. The second-order valence-corrected chi connectivity index (χ2v) is 6.08. The van der Waals surface area contributed by atoms with Crippen LogP contribution in [0.25, 0.3) is 0 Å². The van der Waals surface area contributed by atoms with Gasteiger partial charge in [0.05, 0.1) is 14.2 Å². The van der Waals surface area contributed by atoms with Crippen LogP contribution < -0.4 is 19.5 Å². The van der Waals surface area contributed by atoms with Crippen LogP contribution in [-0.4, -0.2) is 26.2 Å². The molecule has 1 unspecified atom stereocenters. The van der Waals surface area contributed by atoms with Crippen LogP contribution in [0.2, 0.25) is 0 Å². The Hall–Kier alpha value is -2.69. The second-order valence-electron chi connectivity index (χ2n) is 6.08. The molecule has 1 N–H and O–H groups in total. The number of anilines is 1. The van der Waals surface area contributed by atoms with Gasteiger partial charge < -0.3 is 19.5 Å². The van der Waals surface area contributed by atoms with Crippen LogP contribution in [-0.2, 0) is 4.79 Å². The Labute approximate surface area is 148 Å². The fourth-order valence-electron chi connectivity index (χ4n) is 2.33. The molecule has 2 rings (SSSR count). The number of hydrogen-bond acceptors (Lipinski definition) is 4. The van der Waals surface area contributed by atoms with E-state index in [-0.39, 0.29) is 5.91 Å². The fourth-order valence-corrected chi connectivity index (χ4v) is 2.33. The highest BCUT2D eigenvalue weighted by molar-refractivity contribution is 5.94.